The second kappa shape index (κ2) is 9.61. The molecule has 0 unspecified atom stereocenters. The summed E-state index contributed by atoms with van der Waals surface area (Å²) in [5.41, 5.74) is 6.31. The number of nitrogens with one attached hydrogen (secondary N) is 1. The Hall–Kier alpha value is -3.09. The van der Waals surface area contributed by atoms with Gasteiger partial charge in [0.25, 0.3) is 11.5 Å². The summed E-state index contributed by atoms with van der Waals surface area (Å²) in [7, 11) is 0. The predicted octanol–water partition coefficient (Wildman–Crippen LogP) is 2.46. The van der Waals surface area contributed by atoms with Crippen molar-refractivity contribution in [1.29, 1.82) is 0 Å². The number of rotatable bonds is 7. The number of nitrogens with zero attached hydrogens (tertiary/aromatic N) is 2. The molecule has 3 N–H and O–H groups in total. The molecule has 0 spiro atoms. The number of piperidine rings is 1. The van der Waals surface area contributed by atoms with Gasteiger partial charge in [-0.2, -0.15) is 0 Å². The molecule has 2 amide bonds. The highest BCUT2D eigenvalue weighted by Crippen LogP contribution is 2.27. The van der Waals surface area contributed by atoms with Crippen LogP contribution in [0.3, 0.4) is 0 Å². The molecule has 2 aromatic rings. The monoisotopic (exact) mass is 410 g/mol. The van der Waals surface area contributed by atoms with E-state index in [4.69, 9.17) is 5.73 Å². The Balaban J connectivity index is 1.87. The molecule has 0 aliphatic carbocycles. The SMILES string of the molecule is CC(C)C[C@@H]1[C@H](Nc2ccccc2)CCCN1C(=O)c1ccc(=O)n(CC(N)=O)c1. The van der Waals surface area contributed by atoms with E-state index in [2.05, 4.69) is 19.2 Å². The topological polar surface area (TPSA) is 97.4 Å². The Bertz CT molecular complexity index is 939. The summed E-state index contributed by atoms with van der Waals surface area (Å²) in [6.45, 7) is 4.74. The zero-order valence-corrected chi connectivity index (χ0v) is 17.6. The maximum atomic E-state index is 13.4. The van der Waals surface area contributed by atoms with E-state index in [1.54, 1.807) is 0 Å². The number of amides is 2. The zero-order valence-electron chi connectivity index (χ0n) is 17.6. The Morgan fingerprint density at radius 1 is 1.17 bits per heavy atom. The van der Waals surface area contributed by atoms with Crippen LogP contribution < -0.4 is 16.6 Å². The van der Waals surface area contributed by atoms with Crippen LogP contribution >= 0.6 is 0 Å². The summed E-state index contributed by atoms with van der Waals surface area (Å²) in [6, 6.07) is 13.1. The molecule has 0 bridgehead atoms. The van der Waals surface area contributed by atoms with Gasteiger partial charge >= 0.3 is 0 Å². The fourth-order valence-corrected chi connectivity index (χ4v) is 4.12. The van der Waals surface area contributed by atoms with Crippen molar-refractivity contribution in [2.75, 3.05) is 11.9 Å². The van der Waals surface area contributed by atoms with Crippen molar-refractivity contribution < 1.29 is 9.59 Å². The lowest BCUT2D eigenvalue weighted by Gasteiger charge is -2.43. The number of carbonyl (C=O) groups excluding carboxylic acids is 2. The normalized spacial score (nSPS) is 19.0. The molecule has 1 aliphatic heterocycles. The molecule has 2 heterocycles. The average molecular weight is 411 g/mol. The van der Waals surface area contributed by atoms with Crippen LogP contribution in [0.4, 0.5) is 5.69 Å². The van der Waals surface area contributed by atoms with Crippen molar-refractivity contribution in [3.05, 3.63) is 64.6 Å². The van der Waals surface area contributed by atoms with Gasteiger partial charge in [-0.15, -0.1) is 0 Å². The summed E-state index contributed by atoms with van der Waals surface area (Å²) in [5.74, 6) is -0.324. The average Bonchev–Trinajstić information content (AvgIpc) is 2.70. The van der Waals surface area contributed by atoms with E-state index in [0.29, 0.717) is 18.0 Å². The van der Waals surface area contributed by atoms with Crippen LogP contribution in [0.15, 0.2) is 53.5 Å². The van der Waals surface area contributed by atoms with Gasteiger partial charge in [0.2, 0.25) is 5.91 Å². The minimum atomic E-state index is -0.621. The second-order valence-electron chi connectivity index (χ2n) is 8.30. The number of nitrogens with two attached hydrogens (primary N) is 1. The molecule has 0 radical (unpaired) electrons. The lowest BCUT2D eigenvalue weighted by molar-refractivity contribution is -0.118. The number of carbonyl (C=O) groups is 2. The summed E-state index contributed by atoms with van der Waals surface area (Å²) in [4.78, 5) is 38.6. The number of likely N-dealkylation sites (tertiary alicyclic amines) is 1. The molecule has 7 heteroatoms. The molecule has 1 aromatic heterocycles. The number of para-hydroxylation sites is 1. The maximum absolute atomic E-state index is 13.4. The highest BCUT2D eigenvalue weighted by molar-refractivity contribution is 5.94. The molecule has 1 saturated heterocycles. The Morgan fingerprint density at radius 2 is 1.90 bits per heavy atom. The minimum Gasteiger partial charge on any atom is -0.380 e. The van der Waals surface area contributed by atoms with Gasteiger partial charge in [-0.05, 0) is 43.4 Å². The fraction of sp³-hybridized carbons (Fsp3) is 0.435. The predicted molar refractivity (Wildman–Crippen MR) is 117 cm³/mol. The van der Waals surface area contributed by atoms with Crippen LogP contribution in [0.5, 0.6) is 0 Å². The van der Waals surface area contributed by atoms with Crippen molar-refractivity contribution in [1.82, 2.24) is 9.47 Å². The third-order valence-corrected chi connectivity index (χ3v) is 5.44. The van der Waals surface area contributed by atoms with Crippen LogP contribution in [-0.2, 0) is 11.3 Å². The molecule has 160 valence electrons. The van der Waals surface area contributed by atoms with Gasteiger partial charge in [-0.25, -0.2) is 0 Å². The van der Waals surface area contributed by atoms with Crippen molar-refractivity contribution in [3.8, 4) is 0 Å². The molecule has 1 aromatic carbocycles. The Kier molecular flexibility index (Phi) is 6.92. The minimum absolute atomic E-state index is 0.0305. The van der Waals surface area contributed by atoms with E-state index in [-0.39, 0.29) is 30.1 Å². The van der Waals surface area contributed by atoms with Gasteiger partial charge in [0, 0.05) is 30.5 Å². The number of anilines is 1. The largest absolute Gasteiger partial charge is 0.380 e. The first-order valence-electron chi connectivity index (χ1n) is 10.5. The van der Waals surface area contributed by atoms with E-state index < -0.39 is 5.91 Å². The summed E-state index contributed by atoms with van der Waals surface area (Å²) in [5, 5.41) is 3.61. The second-order valence-corrected chi connectivity index (χ2v) is 8.30. The molecule has 30 heavy (non-hydrogen) atoms. The van der Waals surface area contributed by atoms with Gasteiger partial charge < -0.3 is 20.5 Å². The molecular weight excluding hydrogens is 380 g/mol. The van der Waals surface area contributed by atoms with Crippen LogP contribution in [0.25, 0.3) is 0 Å². The first-order valence-corrected chi connectivity index (χ1v) is 10.5. The number of benzene rings is 1. The number of hydrogen-bond acceptors (Lipinski definition) is 4. The van der Waals surface area contributed by atoms with Gasteiger partial charge in [-0.3, -0.25) is 14.4 Å². The van der Waals surface area contributed by atoms with Crippen molar-refractivity contribution in [2.45, 2.75) is 51.7 Å². The number of pyridine rings is 1. The summed E-state index contributed by atoms with van der Waals surface area (Å²) in [6.07, 6.45) is 4.19. The first-order chi connectivity index (χ1) is 14.3. The zero-order chi connectivity index (χ0) is 21.7. The van der Waals surface area contributed by atoms with Gasteiger partial charge in [0.1, 0.15) is 6.54 Å². The van der Waals surface area contributed by atoms with Crippen molar-refractivity contribution in [3.63, 3.8) is 0 Å². The molecule has 7 nitrogen and oxygen atoms in total. The van der Waals surface area contributed by atoms with Crippen molar-refractivity contribution in [2.24, 2.45) is 11.7 Å². The highest BCUT2D eigenvalue weighted by Gasteiger charge is 2.35. The first kappa shape index (κ1) is 21.6. The molecule has 1 fully saturated rings. The van der Waals surface area contributed by atoms with Gasteiger partial charge in [0.05, 0.1) is 11.6 Å². The van der Waals surface area contributed by atoms with Crippen LogP contribution in [-0.4, -0.2) is 39.9 Å². The summed E-state index contributed by atoms with van der Waals surface area (Å²) >= 11 is 0. The number of aromatic nitrogens is 1. The maximum Gasteiger partial charge on any atom is 0.255 e. The van der Waals surface area contributed by atoms with Crippen LogP contribution in [0, 0.1) is 5.92 Å². The molecule has 3 rings (SSSR count). The third kappa shape index (κ3) is 5.28. The Labute approximate surface area is 176 Å². The molecule has 2 atom stereocenters. The molecular formula is C23H30N4O3. The van der Waals surface area contributed by atoms with E-state index in [1.165, 1.54) is 22.9 Å². The lowest BCUT2D eigenvalue weighted by atomic mass is 9.88. The van der Waals surface area contributed by atoms with E-state index in [0.717, 1.165) is 24.9 Å². The van der Waals surface area contributed by atoms with E-state index >= 15 is 0 Å². The standard InChI is InChI=1S/C23H30N4O3/c1-16(2)13-20-19(25-18-7-4-3-5-8-18)9-6-12-27(20)23(30)17-10-11-22(29)26(14-17)15-21(24)28/h3-5,7-8,10-11,14,16,19-20,25H,6,9,12-13,15H2,1-2H3,(H2,24,28)/t19-,20-/m1/s1. The van der Waals surface area contributed by atoms with Crippen LogP contribution in [0.2, 0.25) is 0 Å². The fourth-order valence-electron chi connectivity index (χ4n) is 4.12. The van der Waals surface area contributed by atoms with Gasteiger partial charge in [0.15, 0.2) is 0 Å². The summed E-state index contributed by atoms with van der Waals surface area (Å²) < 4.78 is 1.19. The number of primary amides is 1. The number of hydrogen-bond donors (Lipinski definition) is 2. The quantitative estimate of drug-likeness (QED) is 0.733. The van der Waals surface area contributed by atoms with Gasteiger partial charge in [-0.1, -0.05) is 32.0 Å². The lowest BCUT2D eigenvalue weighted by Crippen LogP contribution is -2.54. The third-order valence-electron chi connectivity index (χ3n) is 5.44. The van der Waals surface area contributed by atoms with Crippen molar-refractivity contribution >= 4 is 17.5 Å². The molecule has 0 saturated carbocycles. The van der Waals surface area contributed by atoms with E-state index in [9.17, 15) is 14.4 Å². The van der Waals surface area contributed by atoms with E-state index in [1.807, 2.05) is 35.2 Å². The smallest absolute Gasteiger partial charge is 0.255 e. The highest BCUT2D eigenvalue weighted by atomic mass is 16.2. The molecule has 1 aliphatic rings. The Morgan fingerprint density at radius 3 is 2.57 bits per heavy atom. The van der Waals surface area contributed by atoms with Crippen LogP contribution in [0.1, 0.15) is 43.5 Å².